The van der Waals surface area contributed by atoms with Gasteiger partial charge in [0.15, 0.2) is 0 Å². The van der Waals surface area contributed by atoms with Crippen molar-refractivity contribution in [1.82, 2.24) is 9.62 Å². The van der Waals surface area contributed by atoms with E-state index in [-0.39, 0.29) is 20.7 Å². The van der Waals surface area contributed by atoms with Gasteiger partial charge in [-0.05, 0) is 0 Å². The van der Waals surface area contributed by atoms with Crippen LogP contribution in [0.15, 0.2) is 30.3 Å². The molecule has 0 heterocycles. The summed E-state index contributed by atoms with van der Waals surface area (Å²) in [5.74, 6) is 0. The minimum absolute atomic E-state index is 0.316. The molecule has 1 aromatic carbocycles. The van der Waals surface area contributed by atoms with Crippen LogP contribution >= 0.6 is 0 Å². The molecule has 22 heavy (non-hydrogen) atoms. The number of nitrogens with zero attached hydrogens (tertiary/aromatic N) is 2. The third-order valence-corrected chi connectivity index (χ3v) is 7.42. The molecule has 1 aromatic rings. The monoisotopic (exact) mass is 418 g/mol. The summed E-state index contributed by atoms with van der Waals surface area (Å²) in [5, 5.41) is 0. The fraction of sp³-hybridized carbons (Fsp3) is 0.667. The molecule has 1 rings (SSSR count). The van der Waals surface area contributed by atoms with E-state index in [2.05, 4.69) is 95.3 Å². The van der Waals surface area contributed by atoms with Crippen LogP contribution in [0, 0.1) is 0 Å². The summed E-state index contributed by atoms with van der Waals surface area (Å²) in [6, 6.07) is 13.4. The molecule has 0 aromatic heterocycles. The molecule has 2 nitrogen and oxygen atoms in total. The maximum atomic E-state index is 2.72. The van der Waals surface area contributed by atoms with Gasteiger partial charge in [-0.25, -0.2) is 0 Å². The van der Waals surface area contributed by atoms with E-state index in [0.29, 0.717) is 29.1 Å². The zero-order chi connectivity index (χ0) is 16.9. The Balaban J connectivity index is 3.18. The summed E-state index contributed by atoms with van der Waals surface area (Å²) in [7, 11) is 0. The van der Waals surface area contributed by atoms with Crippen LogP contribution in [-0.2, 0) is 0 Å². The molecule has 0 atom stereocenters. The summed E-state index contributed by atoms with van der Waals surface area (Å²) in [6.07, 6.45) is 0. The van der Waals surface area contributed by atoms with Crippen LogP contribution in [0.3, 0.4) is 0 Å². The first-order chi connectivity index (χ1) is 10.3. The van der Waals surface area contributed by atoms with Crippen molar-refractivity contribution in [3.8, 4) is 0 Å². The van der Waals surface area contributed by atoms with Gasteiger partial charge in [-0.3, -0.25) is 0 Å². The maximum absolute atomic E-state index is 2.72. The predicted octanol–water partition coefficient (Wildman–Crippen LogP) is 3.24. The van der Waals surface area contributed by atoms with Crippen LogP contribution in [0.4, 0.5) is 0 Å². The van der Waals surface area contributed by atoms with E-state index in [4.69, 9.17) is 0 Å². The number of benzene rings is 1. The minimum atomic E-state index is -0.316. The molecular weight excluding hydrogens is 383 g/mol. The second-order valence-corrected chi connectivity index (χ2v) is 10.2. The predicted molar refractivity (Wildman–Crippen MR) is 102 cm³/mol. The molecule has 0 saturated carbocycles. The van der Waals surface area contributed by atoms with E-state index >= 15 is 0 Å². The van der Waals surface area contributed by atoms with Crippen LogP contribution in [0.1, 0.15) is 55.4 Å². The molecule has 124 valence electrons. The SMILES string of the molecule is CC(C)N(B([Te]c1ccccc1)N(C(C)C)C(C)C)C(C)C. The van der Waals surface area contributed by atoms with Crippen molar-refractivity contribution in [2.24, 2.45) is 0 Å². The molecule has 0 spiro atoms. The van der Waals surface area contributed by atoms with Crippen molar-refractivity contribution in [2.75, 3.05) is 0 Å². The van der Waals surface area contributed by atoms with E-state index in [1.165, 1.54) is 0 Å². The average Bonchev–Trinajstić information content (AvgIpc) is 2.37. The van der Waals surface area contributed by atoms with Gasteiger partial charge in [-0.15, -0.1) is 0 Å². The van der Waals surface area contributed by atoms with Crippen LogP contribution in [0.5, 0.6) is 0 Å². The first-order valence-electron chi connectivity index (χ1n) is 8.52. The Morgan fingerprint density at radius 2 is 1.05 bits per heavy atom. The molecular formula is C18H33BN2Te. The van der Waals surface area contributed by atoms with Crippen LogP contribution < -0.4 is 3.61 Å². The molecule has 4 heteroatoms. The second-order valence-electron chi connectivity index (χ2n) is 7.03. The van der Waals surface area contributed by atoms with E-state index < -0.39 is 0 Å². The number of rotatable bonds is 8. The summed E-state index contributed by atoms with van der Waals surface area (Å²) < 4.78 is 1.55. The molecule has 0 fully saturated rings. The first kappa shape index (κ1) is 20.0. The third-order valence-electron chi connectivity index (χ3n) is 3.88. The van der Waals surface area contributed by atoms with Gasteiger partial charge in [-0.2, -0.15) is 0 Å². The van der Waals surface area contributed by atoms with Crippen molar-refractivity contribution in [3.63, 3.8) is 0 Å². The molecule has 0 unspecified atom stereocenters. The van der Waals surface area contributed by atoms with Gasteiger partial charge in [0.25, 0.3) is 0 Å². The summed E-state index contributed by atoms with van der Waals surface area (Å²) in [4.78, 5) is 6.00. The third kappa shape index (κ3) is 5.57. The Labute approximate surface area is 148 Å². The standard InChI is InChI=1S/C18H33BN2Te/c1-14(2)20(15(3)4)19(21(16(5)6)17(7)8)22-18-12-10-9-11-13-18/h9-17H,1-8H3. The van der Waals surface area contributed by atoms with Gasteiger partial charge in [0.2, 0.25) is 0 Å². The topological polar surface area (TPSA) is 6.48 Å². The molecule has 0 bridgehead atoms. The van der Waals surface area contributed by atoms with Gasteiger partial charge >= 0.3 is 149 Å². The Morgan fingerprint density at radius 3 is 1.36 bits per heavy atom. The van der Waals surface area contributed by atoms with E-state index in [1.54, 1.807) is 3.61 Å². The van der Waals surface area contributed by atoms with E-state index in [1.807, 2.05) is 0 Å². The van der Waals surface area contributed by atoms with Crippen molar-refractivity contribution < 1.29 is 0 Å². The second kappa shape index (κ2) is 9.33. The molecule has 0 saturated heterocycles. The normalized spacial score (nSPS) is 12.5. The zero-order valence-corrected chi connectivity index (χ0v) is 17.9. The van der Waals surface area contributed by atoms with E-state index in [9.17, 15) is 0 Å². The first-order valence-corrected chi connectivity index (χ1v) is 11.0. The van der Waals surface area contributed by atoms with Gasteiger partial charge in [0.1, 0.15) is 0 Å². The van der Waals surface area contributed by atoms with Crippen molar-refractivity contribution in [1.29, 1.82) is 0 Å². The Bertz CT molecular complexity index is 384. The molecule has 0 aliphatic rings. The summed E-state index contributed by atoms with van der Waals surface area (Å²) >= 11 is -0.316. The Hall–Kier alpha value is -0.00545. The molecule has 0 amide bonds. The Morgan fingerprint density at radius 1 is 0.682 bits per heavy atom. The van der Waals surface area contributed by atoms with Crippen LogP contribution in [0.2, 0.25) is 0 Å². The number of hydrogen-bond donors (Lipinski definition) is 0. The molecule has 0 N–H and O–H groups in total. The zero-order valence-electron chi connectivity index (χ0n) is 15.6. The molecule has 0 radical (unpaired) electrons. The summed E-state index contributed by atoms with van der Waals surface area (Å²) in [5.41, 5.74) is 0. The molecule has 0 aliphatic heterocycles. The Kier molecular flexibility index (Phi) is 8.50. The van der Waals surface area contributed by atoms with Crippen LogP contribution in [-0.4, -0.2) is 59.4 Å². The summed E-state index contributed by atoms with van der Waals surface area (Å²) in [6.45, 7) is 18.7. The van der Waals surface area contributed by atoms with Crippen molar-refractivity contribution in [3.05, 3.63) is 30.3 Å². The fourth-order valence-electron chi connectivity index (χ4n) is 3.11. The van der Waals surface area contributed by atoms with Crippen molar-refractivity contribution in [2.45, 2.75) is 79.6 Å². The van der Waals surface area contributed by atoms with E-state index in [0.717, 1.165) is 0 Å². The number of hydrogen-bond acceptors (Lipinski definition) is 2. The van der Waals surface area contributed by atoms with Gasteiger partial charge in [0.05, 0.1) is 0 Å². The quantitative estimate of drug-likeness (QED) is 0.601. The van der Waals surface area contributed by atoms with Crippen LogP contribution in [0.25, 0.3) is 0 Å². The van der Waals surface area contributed by atoms with Crippen molar-refractivity contribution >= 4 is 29.2 Å². The molecule has 0 aliphatic carbocycles. The fourth-order valence-corrected chi connectivity index (χ4v) is 8.17. The average molecular weight is 416 g/mol. The van der Waals surface area contributed by atoms with Gasteiger partial charge < -0.3 is 0 Å². The van der Waals surface area contributed by atoms with Gasteiger partial charge in [0, 0.05) is 0 Å². The van der Waals surface area contributed by atoms with Gasteiger partial charge in [-0.1, -0.05) is 0 Å².